The van der Waals surface area contributed by atoms with Gasteiger partial charge >= 0.3 is 0 Å². The van der Waals surface area contributed by atoms with Crippen LogP contribution in [-0.4, -0.2) is 11.3 Å². The molecule has 8 aromatic rings. The lowest BCUT2D eigenvalue weighted by Gasteiger charge is -2.41. The maximum atomic E-state index is 6.95. The van der Waals surface area contributed by atoms with Crippen LogP contribution in [0.15, 0.2) is 140 Å². The molecule has 322 valence electrons. The number of aryl methyl sites for hydroxylation is 1. The molecule has 64 heavy (non-hydrogen) atoms. The van der Waals surface area contributed by atoms with Gasteiger partial charge in [0.05, 0.1) is 11.2 Å². The minimum atomic E-state index is -0.0461. The van der Waals surface area contributed by atoms with Crippen molar-refractivity contribution in [3.8, 4) is 11.5 Å². The van der Waals surface area contributed by atoms with Crippen LogP contribution >= 0.6 is 0 Å². The largest absolute Gasteiger partial charge is 0.458 e. The molecule has 4 nitrogen and oxygen atoms in total. The molecule has 0 N–H and O–H groups in total. The molecule has 7 aromatic carbocycles. The van der Waals surface area contributed by atoms with E-state index in [2.05, 4.69) is 244 Å². The summed E-state index contributed by atoms with van der Waals surface area (Å²) in [6.07, 6.45) is 0. The van der Waals surface area contributed by atoms with E-state index in [9.17, 15) is 0 Å². The molecule has 0 atom stereocenters. The van der Waals surface area contributed by atoms with E-state index < -0.39 is 0 Å². The molecule has 0 amide bonds. The highest BCUT2D eigenvalue weighted by Gasteiger charge is 2.43. The molecule has 0 fully saturated rings. The predicted molar refractivity (Wildman–Crippen MR) is 276 cm³/mol. The lowest BCUT2D eigenvalue weighted by atomic mass is 9.34. The summed E-state index contributed by atoms with van der Waals surface area (Å²) in [5.74, 6) is 1.85. The first-order chi connectivity index (χ1) is 30.2. The number of nitrogens with zero attached hydrogens (tertiary/aromatic N) is 3. The summed E-state index contributed by atoms with van der Waals surface area (Å²) in [6.45, 7) is 27.6. The van der Waals surface area contributed by atoms with Crippen LogP contribution in [0.25, 0.3) is 21.8 Å². The Balaban J connectivity index is 1.29. The lowest BCUT2D eigenvalue weighted by molar-refractivity contribution is 0.486. The van der Waals surface area contributed by atoms with Gasteiger partial charge in [0.25, 0.3) is 6.71 Å². The van der Waals surface area contributed by atoms with Gasteiger partial charge in [-0.25, -0.2) is 0 Å². The average molecular weight is 840 g/mol. The summed E-state index contributed by atoms with van der Waals surface area (Å²) >= 11 is 0. The number of anilines is 6. The van der Waals surface area contributed by atoms with E-state index in [0.29, 0.717) is 0 Å². The Morgan fingerprint density at radius 1 is 0.438 bits per heavy atom. The number of ether oxygens (including phenoxy) is 1. The van der Waals surface area contributed by atoms with E-state index in [1.165, 1.54) is 66.1 Å². The van der Waals surface area contributed by atoms with Gasteiger partial charge in [-0.1, -0.05) is 156 Å². The van der Waals surface area contributed by atoms with Gasteiger partial charge in [0, 0.05) is 51.8 Å². The van der Waals surface area contributed by atoms with Gasteiger partial charge in [-0.15, -0.1) is 0 Å². The topological polar surface area (TPSA) is 20.6 Å². The molecular weight excluding hydrogens is 777 g/mol. The minimum absolute atomic E-state index is 0.00359. The van der Waals surface area contributed by atoms with Crippen molar-refractivity contribution < 1.29 is 4.74 Å². The van der Waals surface area contributed by atoms with Gasteiger partial charge in [-0.05, 0) is 127 Å². The highest BCUT2D eigenvalue weighted by molar-refractivity contribution is 6.99. The summed E-state index contributed by atoms with van der Waals surface area (Å²) in [5.41, 5.74) is 18.2. The van der Waals surface area contributed by atoms with Crippen molar-refractivity contribution in [3.63, 3.8) is 0 Å². The van der Waals surface area contributed by atoms with Crippen molar-refractivity contribution in [3.05, 3.63) is 162 Å². The normalized spacial score (nSPS) is 13.8. The molecule has 0 saturated heterocycles. The summed E-state index contributed by atoms with van der Waals surface area (Å²) < 4.78 is 9.35. The van der Waals surface area contributed by atoms with Gasteiger partial charge in [-0.2, -0.15) is 0 Å². The standard InChI is InChI=1S/C59H62BN3O/c1-56(2,3)37-21-27-41(28-22-37)62(42-29-23-38(24-30-42)57(4,5)6)43-35-45-44-17-14-15-18-48(44)61(13)55(45)51(36-43)63-49-31-25-39(58(7,8)9)33-46(49)60-47-34-40(59(10,11)12)26-32-52(47)64-53-20-16-19-50(63)54(53)60/h14-36H,1-13H3. The van der Waals surface area contributed by atoms with Gasteiger partial charge < -0.3 is 19.1 Å². The second-order valence-electron chi connectivity index (χ2n) is 22.5. The first-order valence-electron chi connectivity index (χ1n) is 23.1. The molecule has 5 heteroatoms. The van der Waals surface area contributed by atoms with Crippen molar-refractivity contribution in [2.45, 2.75) is 105 Å². The molecule has 0 saturated carbocycles. The van der Waals surface area contributed by atoms with Crippen LogP contribution in [0.1, 0.15) is 105 Å². The van der Waals surface area contributed by atoms with Gasteiger partial charge in [0.1, 0.15) is 11.5 Å². The second kappa shape index (κ2) is 14.4. The molecule has 0 spiro atoms. The maximum absolute atomic E-state index is 6.95. The molecule has 0 aliphatic carbocycles. The van der Waals surface area contributed by atoms with E-state index >= 15 is 0 Å². The third-order valence-electron chi connectivity index (χ3n) is 13.9. The van der Waals surface area contributed by atoms with Crippen LogP contribution in [0.4, 0.5) is 34.1 Å². The fourth-order valence-corrected chi connectivity index (χ4v) is 10.1. The van der Waals surface area contributed by atoms with Gasteiger partial charge in [-0.3, -0.25) is 0 Å². The molecule has 3 heterocycles. The van der Waals surface area contributed by atoms with Crippen LogP contribution in [0.2, 0.25) is 0 Å². The van der Waals surface area contributed by atoms with Crippen LogP contribution < -0.4 is 30.9 Å². The second-order valence-corrected chi connectivity index (χ2v) is 22.5. The highest BCUT2D eigenvalue weighted by atomic mass is 16.5. The fourth-order valence-electron chi connectivity index (χ4n) is 10.1. The van der Waals surface area contributed by atoms with E-state index in [1.807, 2.05) is 0 Å². The van der Waals surface area contributed by atoms with E-state index in [1.54, 1.807) is 0 Å². The number of aromatic nitrogens is 1. The minimum Gasteiger partial charge on any atom is -0.458 e. The third-order valence-corrected chi connectivity index (χ3v) is 13.9. The van der Waals surface area contributed by atoms with Crippen molar-refractivity contribution in [2.24, 2.45) is 7.05 Å². The lowest BCUT2D eigenvalue weighted by Crippen LogP contribution is -2.59. The number of rotatable bonds is 4. The zero-order valence-electron chi connectivity index (χ0n) is 40.1. The summed E-state index contributed by atoms with van der Waals surface area (Å²) in [6, 6.07) is 52.9. The van der Waals surface area contributed by atoms with Crippen molar-refractivity contribution in [2.75, 3.05) is 9.80 Å². The fraction of sp³-hybridized carbons (Fsp3) is 0.288. The Hall–Kier alpha value is -6.20. The summed E-state index contributed by atoms with van der Waals surface area (Å²) in [5, 5.41) is 2.44. The summed E-state index contributed by atoms with van der Waals surface area (Å²) in [4.78, 5) is 5.00. The SMILES string of the molecule is Cn1c2ccccc2c2cc(N(c3ccc(C(C)(C)C)cc3)c3ccc(C(C)(C)C)cc3)cc(N3c4ccc(C(C)(C)C)cc4B4c5cc(C(C)(C)C)ccc5Oc5cccc3c54)c21. The Kier molecular flexibility index (Phi) is 9.41. The van der Waals surface area contributed by atoms with Crippen LogP contribution in [0.5, 0.6) is 11.5 Å². The smallest absolute Gasteiger partial charge is 0.256 e. The molecule has 0 unspecified atom stereocenters. The molecule has 0 radical (unpaired) electrons. The average Bonchev–Trinajstić information content (AvgIpc) is 3.53. The third kappa shape index (κ3) is 6.82. The van der Waals surface area contributed by atoms with Crippen LogP contribution in [0, 0.1) is 0 Å². The predicted octanol–water partition coefficient (Wildman–Crippen LogP) is 14.4. The molecule has 0 bridgehead atoms. The number of benzene rings is 7. The first kappa shape index (κ1) is 41.8. The Bertz CT molecular complexity index is 3070. The van der Waals surface area contributed by atoms with Gasteiger partial charge in [0.2, 0.25) is 0 Å². The number of fused-ring (bicyclic) bond motifs is 7. The zero-order valence-corrected chi connectivity index (χ0v) is 40.1. The summed E-state index contributed by atoms with van der Waals surface area (Å²) in [7, 11) is 2.23. The zero-order chi connectivity index (χ0) is 45.2. The maximum Gasteiger partial charge on any atom is 0.256 e. The molecular formula is C59H62BN3O. The van der Waals surface area contributed by atoms with Crippen molar-refractivity contribution in [1.29, 1.82) is 0 Å². The van der Waals surface area contributed by atoms with Crippen molar-refractivity contribution >= 4 is 79.0 Å². The number of para-hydroxylation sites is 1. The van der Waals surface area contributed by atoms with E-state index in [4.69, 9.17) is 4.74 Å². The molecule has 1 aromatic heterocycles. The van der Waals surface area contributed by atoms with E-state index in [-0.39, 0.29) is 28.4 Å². The quantitative estimate of drug-likeness (QED) is 0.165. The van der Waals surface area contributed by atoms with E-state index in [0.717, 1.165) is 39.9 Å². The molecule has 2 aliphatic heterocycles. The number of hydrogen-bond acceptors (Lipinski definition) is 3. The number of hydrogen-bond donors (Lipinski definition) is 0. The highest BCUT2D eigenvalue weighted by Crippen LogP contribution is 2.49. The van der Waals surface area contributed by atoms with Crippen molar-refractivity contribution in [1.82, 2.24) is 4.57 Å². The molecule has 10 rings (SSSR count). The molecule has 2 aliphatic rings. The van der Waals surface area contributed by atoms with Crippen LogP contribution in [-0.2, 0) is 28.7 Å². The first-order valence-corrected chi connectivity index (χ1v) is 23.1. The monoisotopic (exact) mass is 839 g/mol. The Morgan fingerprint density at radius 3 is 1.58 bits per heavy atom. The van der Waals surface area contributed by atoms with Gasteiger partial charge in [0.15, 0.2) is 0 Å². The van der Waals surface area contributed by atoms with Crippen LogP contribution in [0.3, 0.4) is 0 Å². The Labute approximate surface area is 381 Å². The Morgan fingerprint density at radius 2 is 0.984 bits per heavy atom.